The number of aromatic nitrogens is 3. The Morgan fingerprint density at radius 2 is 2.33 bits per heavy atom. The Labute approximate surface area is 110 Å². The Hall–Kier alpha value is -1.69. The van der Waals surface area contributed by atoms with Gasteiger partial charge in [-0.1, -0.05) is 0 Å². The van der Waals surface area contributed by atoms with Gasteiger partial charge in [-0.05, 0) is 44.4 Å². The molecule has 0 aliphatic rings. The van der Waals surface area contributed by atoms with E-state index in [1.807, 2.05) is 37.7 Å². The zero-order chi connectivity index (χ0) is 13.2. The molecule has 2 heterocycles. The molecular weight excluding hydrogens is 248 g/mol. The number of rotatable bonds is 4. The van der Waals surface area contributed by atoms with E-state index in [-0.39, 0.29) is 11.4 Å². The first-order valence-corrected chi connectivity index (χ1v) is 6.48. The van der Waals surface area contributed by atoms with Gasteiger partial charge in [-0.3, -0.25) is 9.48 Å². The van der Waals surface area contributed by atoms with E-state index in [4.69, 9.17) is 0 Å². The number of hydrogen-bond acceptors (Lipinski definition) is 4. The van der Waals surface area contributed by atoms with Crippen LogP contribution in [0, 0.1) is 6.92 Å². The van der Waals surface area contributed by atoms with E-state index in [1.54, 1.807) is 12.3 Å². The first-order valence-electron chi connectivity index (χ1n) is 5.71. The molecule has 0 atom stereocenters. The summed E-state index contributed by atoms with van der Waals surface area (Å²) in [6, 6.07) is 3.66. The summed E-state index contributed by atoms with van der Waals surface area (Å²) in [7, 11) is 0. The van der Waals surface area contributed by atoms with Crippen LogP contribution < -0.4 is 5.32 Å². The van der Waals surface area contributed by atoms with Gasteiger partial charge in [-0.25, -0.2) is 0 Å². The second-order valence-corrected chi connectivity index (χ2v) is 5.78. The molecule has 0 saturated heterocycles. The third-order valence-electron chi connectivity index (χ3n) is 2.67. The summed E-state index contributed by atoms with van der Waals surface area (Å²) in [6.45, 7) is 6.48. The van der Waals surface area contributed by atoms with Crippen molar-refractivity contribution in [3.63, 3.8) is 0 Å². The molecule has 0 aliphatic heterocycles. The summed E-state index contributed by atoms with van der Waals surface area (Å²) >= 11 is 1.34. The lowest BCUT2D eigenvalue weighted by Gasteiger charge is -2.25. The highest BCUT2D eigenvalue weighted by Gasteiger charge is 2.22. The standard InChI is InChI=1S/C12H16N4OS/c1-9-7-10(15-18-9)11(17)13-8-12(2,3)16-6-4-5-14-16/h4-7H,8H2,1-3H3,(H,13,17). The lowest BCUT2D eigenvalue weighted by molar-refractivity contribution is 0.0931. The molecule has 0 unspecified atom stereocenters. The number of carbonyl (C=O) groups is 1. The maximum atomic E-state index is 11.9. The van der Waals surface area contributed by atoms with Gasteiger partial charge < -0.3 is 5.32 Å². The fourth-order valence-corrected chi connectivity index (χ4v) is 2.11. The van der Waals surface area contributed by atoms with Crippen molar-refractivity contribution in [2.45, 2.75) is 26.3 Å². The summed E-state index contributed by atoms with van der Waals surface area (Å²) in [5.74, 6) is -0.139. The quantitative estimate of drug-likeness (QED) is 0.916. The molecule has 0 saturated carbocycles. The molecule has 96 valence electrons. The number of nitrogens with one attached hydrogen (secondary N) is 1. The lowest BCUT2D eigenvalue weighted by Crippen LogP contribution is -2.41. The van der Waals surface area contributed by atoms with E-state index in [0.717, 1.165) is 4.88 Å². The number of nitrogens with zero attached hydrogens (tertiary/aromatic N) is 3. The zero-order valence-electron chi connectivity index (χ0n) is 10.7. The van der Waals surface area contributed by atoms with Crippen molar-refractivity contribution < 1.29 is 4.79 Å². The average molecular weight is 264 g/mol. The van der Waals surface area contributed by atoms with Crippen molar-refractivity contribution in [2.75, 3.05) is 6.54 Å². The predicted octanol–water partition coefficient (Wildman–Crippen LogP) is 1.81. The van der Waals surface area contributed by atoms with Gasteiger partial charge in [0.15, 0.2) is 0 Å². The summed E-state index contributed by atoms with van der Waals surface area (Å²) in [5, 5.41) is 7.08. The fraction of sp³-hybridized carbons (Fsp3) is 0.417. The molecule has 2 rings (SSSR count). The Kier molecular flexibility index (Phi) is 3.47. The van der Waals surface area contributed by atoms with Gasteiger partial charge >= 0.3 is 0 Å². The topological polar surface area (TPSA) is 59.8 Å². The van der Waals surface area contributed by atoms with Crippen molar-refractivity contribution in [3.05, 3.63) is 35.1 Å². The van der Waals surface area contributed by atoms with Gasteiger partial charge in [-0.2, -0.15) is 9.47 Å². The number of carbonyl (C=O) groups excluding carboxylic acids is 1. The first kappa shape index (κ1) is 12.8. The Morgan fingerprint density at radius 1 is 1.56 bits per heavy atom. The zero-order valence-corrected chi connectivity index (χ0v) is 11.5. The van der Waals surface area contributed by atoms with E-state index in [0.29, 0.717) is 12.2 Å². The summed E-state index contributed by atoms with van der Waals surface area (Å²) in [4.78, 5) is 12.9. The van der Waals surface area contributed by atoms with Crippen LogP contribution >= 0.6 is 11.5 Å². The van der Waals surface area contributed by atoms with E-state index < -0.39 is 0 Å². The molecule has 1 N–H and O–H groups in total. The van der Waals surface area contributed by atoms with Crippen LogP contribution in [0.5, 0.6) is 0 Å². The minimum absolute atomic E-state index is 0.139. The maximum absolute atomic E-state index is 11.9. The molecular formula is C12H16N4OS. The Morgan fingerprint density at radius 3 is 2.89 bits per heavy atom. The molecule has 0 aliphatic carbocycles. The van der Waals surface area contributed by atoms with E-state index in [1.165, 1.54) is 11.5 Å². The number of amides is 1. The van der Waals surface area contributed by atoms with Crippen LogP contribution in [0.4, 0.5) is 0 Å². The van der Waals surface area contributed by atoms with E-state index in [9.17, 15) is 4.79 Å². The van der Waals surface area contributed by atoms with Crippen LogP contribution in [0.2, 0.25) is 0 Å². The molecule has 18 heavy (non-hydrogen) atoms. The first-order chi connectivity index (χ1) is 8.49. The van der Waals surface area contributed by atoms with Crippen molar-refractivity contribution >= 4 is 17.4 Å². The third kappa shape index (κ3) is 2.76. The van der Waals surface area contributed by atoms with Crippen LogP contribution in [0.25, 0.3) is 0 Å². The molecule has 0 fully saturated rings. The monoisotopic (exact) mass is 264 g/mol. The SMILES string of the molecule is Cc1cc(C(=O)NCC(C)(C)n2cccn2)ns1. The van der Waals surface area contributed by atoms with Gasteiger partial charge in [0.05, 0.1) is 5.54 Å². The highest BCUT2D eigenvalue weighted by molar-refractivity contribution is 7.05. The van der Waals surface area contributed by atoms with Gasteiger partial charge in [0.2, 0.25) is 0 Å². The second-order valence-electron chi connectivity index (χ2n) is 4.77. The number of hydrogen-bond donors (Lipinski definition) is 1. The second kappa shape index (κ2) is 4.89. The smallest absolute Gasteiger partial charge is 0.271 e. The Bertz CT molecular complexity index is 530. The molecule has 2 aromatic rings. The molecule has 0 spiro atoms. The third-order valence-corrected chi connectivity index (χ3v) is 3.36. The van der Waals surface area contributed by atoms with Crippen molar-refractivity contribution in [3.8, 4) is 0 Å². The molecule has 6 heteroatoms. The van der Waals surface area contributed by atoms with E-state index in [2.05, 4.69) is 14.8 Å². The average Bonchev–Trinajstić information content (AvgIpc) is 2.96. The fourth-order valence-electron chi connectivity index (χ4n) is 1.57. The molecule has 5 nitrogen and oxygen atoms in total. The minimum atomic E-state index is -0.260. The maximum Gasteiger partial charge on any atom is 0.271 e. The van der Waals surface area contributed by atoms with E-state index >= 15 is 0 Å². The lowest BCUT2D eigenvalue weighted by atomic mass is 10.1. The van der Waals surface area contributed by atoms with Gasteiger partial charge in [0.25, 0.3) is 5.91 Å². The predicted molar refractivity (Wildman–Crippen MR) is 70.7 cm³/mol. The Balaban J connectivity index is 1.98. The van der Waals surface area contributed by atoms with Crippen molar-refractivity contribution in [2.24, 2.45) is 0 Å². The minimum Gasteiger partial charge on any atom is -0.348 e. The van der Waals surface area contributed by atoms with Crippen LogP contribution in [0.3, 0.4) is 0 Å². The highest BCUT2D eigenvalue weighted by Crippen LogP contribution is 2.13. The van der Waals surface area contributed by atoms with Crippen molar-refractivity contribution in [1.29, 1.82) is 0 Å². The van der Waals surface area contributed by atoms with Crippen molar-refractivity contribution in [1.82, 2.24) is 19.5 Å². The van der Waals surface area contributed by atoms with Crippen LogP contribution in [0.15, 0.2) is 24.5 Å². The van der Waals surface area contributed by atoms with Crippen LogP contribution in [-0.4, -0.2) is 26.6 Å². The summed E-state index contributed by atoms with van der Waals surface area (Å²) < 4.78 is 5.92. The highest BCUT2D eigenvalue weighted by atomic mass is 32.1. The molecule has 0 radical (unpaired) electrons. The summed E-state index contributed by atoms with van der Waals surface area (Å²) in [6.07, 6.45) is 3.62. The summed E-state index contributed by atoms with van der Waals surface area (Å²) in [5.41, 5.74) is 0.221. The van der Waals surface area contributed by atoms with Gasteiger partial charge in [0, 0.05) is 23.8 Å². The normalized spacial score (nSPS) is 11.5. The van der Waals surface area contributed by atoms with Gasteiger partial charge in [-0.15, -0.1) is 0 Å². The van der Waals surface area contributed by atoms with Crippen LogP contribution in [0.1, 0.15) is 29.2 Å². The molecule has 0 bridgehead atoms. The van der Waals surface area contributed by atoms with Crippen LogP contribution in [-0.2, 0) is 5.54 Å². The molecule has 1 amide bonds. The number of aryl methyl sites for hydroxylation is 1. The molecule has 2 aromatic heterocycles. The van der Waals surface area contributed by atoms with Gasteiger partial charge in [0.1, 0.15) is 5.69 Å². The largest absolute Gasteiger partial charge is 0.348 e. The molecule has 0 aromatic carbocycles.